The van der Waals surface area contributed by atoms with E-state index in [0.29, 0.717) is 22.4 Å². The van der Waals surface area contributed by atoms with Gasteiger partial charge in [0.1, 0.15) is 5.69 Å². The van der Waals surface area contributed by atoms with Gasteiger partial charge in [-0.1, -0.05) is 23.4 Å². The molecule has 0 radical (unpaired) electrons. The summed E-state index contributed by atoms with van der Waals surface area (Å²) < 4.78 is 5.07. The van der Waals surface area contributed by atoms with E-state index in [-0.39, 0.29) is 11.6 Å². The Morgan fingerprint density at radius 1 is 1.38 bits per heavy atom. The molecule has 2 heterocycles. The van der Waals surface area contributed by atoms with Crippen molar-refractivity contribution >= 4 is 22.9 Å². The summed E-state index contributed by atoms with van der Waals surface area (Å²) in [5.41, 5.74) is 8.27. The Kier molecular flexibility index (Phi) is 3.19. The van der Waals surface area contributed by atoms with E-state index >= 15 is 0 Å². The van der Waals surface area contributed by atoms with Crippen molar-refractivity contribution in [3.63, 3.8) is 0 Å². The Hall–Kier alpha value is -2.67. The predicted molar refractivity (Wildman–Crippen MR) is 81.1 cm³/mol. The van der Waals surface area contributed by atoms with Crippen LogP contribution in [0.25, 0.3) is 21.7 Å². The highest BCUT2D eigenvalue weighted by Gasteiger charge is 2.20. The van der Waals surface area contributed by atoms with Crippen molar-refractivity contribution in [3.05, 3.63) is 51.4 Å². The van der Waals surface area contributed by atoms with Crippen LogP contribution in [0.5, 0.6) is 0 Å². The van der Waals surface area contributed by atoms with Crippen LogP contribution in [-0.2, 0) is 0 Å². The minimum absolute atomic E-state index is 0.0474. The lowest BCUT2D eigenvalue weighted by Gasteiger charge is -2.02. The van der Waals surface area contributed by atoms with Crippen LogP contribution >= 0.6 is 11.3 Å². The Morgan fingerprint density at radius 3 is 2.86 bits per heavy atom. The van der Waals surface area contributed by atoms with Crippen molar-refractivity contribution < 1.29 is 9.45 Å². The van der Waals surface area contributed by atoms with E-state index < -0.39 is 4.92 Å². The first-order chi connectivity index (χ1) is 10.1. The van der Waals surface area contributed by atoms with Gasteiger partial charge < -0.3 is 10.3 Å². The first kappa shape index (κ1) is 13.3. The van der Waals surface area contributed by atoms with Crippen molar-refractivity contribution in [1.82, 2.24) is 5.16 Å². The van der Waals surface area contributed by atoms with Crippen molar-refractivity contribution in [3.8, 4) is 21.7 Å². The number of anilines is 1. The number of hydrogen-bond acceptors (Lipinski definition) is 6. The molecule has 106 valence electrons. The lowest BCUT2D eigenvalue weighted by Crippen LogP contribution is -1.93. The summed E-state index contributed by atoms with van der Waals surface area (Å²) in [5.74, 6) is 0.204. The van der Waals surface area contributed by atoms with Gasteiger partial charge >= 0.3 is 0 Å². The summed E-state index contributed by atoms with van der Waals surface area (Å²) in [6, 6.07) is 8.75. The predicted octanol–water partition coefficient (Wildman–Crippen LogP) is 3.87. The van der Waals surface area contributed by atoms with E-state index in [1.165, 1.54) is 17.4 Å². The number of nitrogen functional groups attached to an aromatic ring is 1. The van der Waals surface area contributed by atoms with Crippen LogP contribution in [0.15, 0.2) is 40.2 Å². The fourth-order valence-electron chi connectivity index (χ4n) is 2.11. The Balaban J connectivity index is 2.19. The van der Waals surface area contributed by atoms with Crippen molar-refractivity contribution in [2.45, 2.75) is 6.92 Å². The molecule has 3 rings (SSSR count). The van der Waals surface area contributed by atoms with Crippen LogP contribution in [0.2, 0.25) is 0 Å². The number of aromatic nitrogens is 1. The second kappa shape index (κ2) is 5.02. The van der Waals surface area contributed by atoms with E-state index in [4.69, 9.17) is 10.3 Å². The van der Waals surface area contributed by atoms with Gasteiger partial charge in [0.25, 0.3) is 5.69 Å². The first-order valence-electron chi connectivity index (χ1n) is 6.12. The van der Waals surface area contributed by atoms with Crippen LogP contribution in [0, 0.1) is 17.0 Å². The molecule has 0 unspecified atom stereocenters. The molecule has 0 aliphatic rings. The van der Waals surface area contributed by atoms with Gasteiger partial charge in [0.15, 0.2) is 0 Å². The lowest BCUT2D eigenvalue weighted by atomic mass is 10.0. The number of nitro benzene ring substituents is 1. The van der Waals surface area contributed by atoms with Crippen LogP contribution < -0.4 is 5.73 Å². The molecular weight excluding hydrogens is 290 g/mol. The fraction of sp³-hybridized carbons (Fsp3) is 0.0714. The number of nitrogens with zero attached hydrogens (tertiary/aromatic N) is 2. The zero-order chi connectivity index (χ0) is 15.0. The van der Waals surface area contributed by atoms with Gasteiger partial charge in [-0.05, 0) is 18.4 Å². The molecule has 7 heteroatoms. The molecule has 1 aromatic carbocycles. The molecule has 21 heavy (non-hydrogen) atoms. The number of thiophene rings is 1. The van der Waals surface area contributed by atoms with Gasteiger partial charge in [-0.3, -0.25) is 10.1 Å². The lowest BCUT2D eigenvalue weighted by molar-refractivity contribution is -0.385. The van der Waals surface area contributed by atoms with Crippen molar-refractivity contribution in [2.75, 3.05) is 5.73 Å². The molecule has 0 amide bonds. The maximum atomic E-state index is 11.1. The molecule has 0 saturated heterocycles. The van der Waals surface area contributed by atoms with Gasteiger partial charge in [-0.2, -0.15) is 0 Å². The Bertz CT molecular complexity index is 809. The highest BCUT2D eigenvalue weighted by atomic mass is 32.1. The van der Waals surface area contributed by atoms with Gasteiger partial charge in [-0.15, -0.1) is 11.3 Å². The molecule has 3 aromatic rings. The van der Waals surface area contributed by atoms with Crippen LogP contribution in [0.1, 0.15) is 5.56 Å². The minimum atomic E-state index is -0.410. The fourth-order valence-corrected chi connectivity index (χ4v) is 2.89. The average Bonchev–Trinajstić information content (AvgIpc) is 3.08. The van der Waals surface area contributed by atoms with Crippen molar-refractivity contribution in [1.29, 1.82) is 0 Å². The smallest absolute Gasteiger partial charge is 0.272 e. The van der Waals surface area contributed by atoms with Crippen molar-refractivity contribution in [2.24, 2.45) is 0 Å². The molecule has 0 spiro atoms. The second-order valence-corrected chi connectivity index (χ2v) is 5.45. The molecule has 0 bridgehead atoms. The average molecular weight is 301 g/mol. The highest BCUT2D eigenvalue weighted by molar-refractivity contribution is 7.13. The molecule has 0 saturated carbocycles. The van der Waals surface area contributed by atoms with E-state index in [1.54, 1.807) is 19.1 Å². The Morgan fingerprint density at radius 2 is 2.19 bits per heavy atom. The third-order valence-corrected chi connectivity index (χ3v) is 4.05. The quantitative estimate of drug-likeness (QED) is 0.585. The molecular formula is C14H11N3O3S. The molecule has 2 N–H and O–H groups in total. The SMILES string of the molecule is Cc1ccc(-c2noc(N)c2-c2cccs2)cc1[N+](=O)[O-]. The largest absolute Gasteiger partial charge is 0.367 e. The number of aryl methyl sites for hydroxylation is 1. The number of hydrogen-bond donors (Lipinski definition) is 1. The van der Waals surface area contributed by atoms with Gasteiger partial charge in [0.2, 0.25) is 5.88 Å². The standard InChI is InChI=1S/C14H11N3O3S/c1-8-4-5-9(7-10(8)17(18)19)13-12(14(15)20-16-13)11-3-2-6-21-11/h2-7H,15H2,1H3. The van der Waals surface area contributed by atoms with Gasteiger partial charge in [-0.25, -0.2) is 0 Å². The van der Waals surface area contributed by atoms with Gasteiger partial charge in [0, 0.05) is 22.1 Å². The highest BCUT2D eigenvalue weighted by Crippen LogP contribution is 2.39. The minimum Gasteiger partial charge on any atom is -0.367 e. The summed E-state index contributed by atoms with van der Waals surface area (Å²) in [6.07, 6.45) is 0. The maximum absolute atomic E-state index is 11.1. The third-order valence-electron chi connectivity index (χ3n) is 3.17. The molecule has 0 aliphatic carbocycles. The number of nitrogens with two attached hydrogens (primary N) is 1. The number of rotatable bonds is 3. The normalized spacial score (nSPS) is 10.7. The summed E-state index contributed by atoms with van der Waals surface area (Å²) in [4.78, 5) is 11.6. The molecule has 0 aliphatic heterocycles. The summed E-state index contributed by atoms with van der Waals surface area (Å²) >= 11 is 1.50. The van der Waals surface area contributed by atoms with Gasteiger partial charge in [0.05, 0.1) is 10.5 Å². The second-order valence-electron chi connectivity index (χ2n) is 4.51. The zero-order valence-electron chi connectivity index (χ0n) is 11.1. The topological polar surface area (TPSA) is 95.2 Å². The molecule has 0 fully saturated rings. The van der Waals surface area contributed by atoms with E-state index in [1.807, 2.05) is 17.5 Å². The van der Waals surface area contributed by atoms with Crippen LogP contribution in [-0.4, -0.2) is 10.1 Å². The van der Waals surface area contributed by atoms with E-state index in [9.17, 15) is 10.1 Å². The van der Waals surface area contributed by atoms with Crippen LogP contribution in [0.4, 0.5) is 11.6 Å². The maximum Gasteiger partial charge on any atom is 0.272 e. The van der Waals surface area contributed by atoms with E-state index in [2.05, 4.69) is 5.16 Å². The van der Waals surface area contributed by atoms with Crippen LogP contribution in [0.3, 0.4) is 0 Å². The van der Waals surface area contributed by atoms with E-state index in [0.717, 1.165) is 4.88 Å². The third kappa shape index (κ3) is 2.27. The summed E-state index contributed by atoms with van der Waals surface area (Å²) in [7, 11) is 0. The first-order valence-corrected chi connectivity index (χ1v) is 7.00. The zero-order valence-corrected chi connectivity index (χ0v) is 11.9. The number of benzene rings is 1. The molecule has 0 atom stereocenters. The summed E-state index contributed by atoms with van der Waals surface area (Å²) in [5, 5.41) is 16.9. The molecule has 6 nitrogen and oxygen atoms in total. The number of nitro groups is 1. The molecule has 2 aromatic heterocycles. The summed E-state index contributed by atoms with van der Waals surface area (Å²) in [6.45, 7) is 1.69. The monoisotopic (exact) mass is 301 g/mol. The Labute approximate surface area is 124 Å².